The molecule has 0 bridgehead atoms. The summed E-state index contributed by atoms with van der Waals surface area (Å²) in [6, 6.07) is 1.09. The van der Waals surface area contributed by atoms with E-state index in [1.54, 1.807) is 0 Å². The molecule has 20 heavy (non-hydrogen) atoms. The molecule has 0 N–H and O–H groups in total. The first-order valence-corrected chi connectivity index (χ1v) is 6.38. The van der Waals surface area contributed by atoms with Gasteiger partial charge in [0.1, 0.15) is 0 Å². The second-order valence-corrected chi connectivity index (χ2v) is 4.10. The Balaban J connectivity index is 3.21. The topological polar surface area (TPSA) is 57.7 Å². The molecule has 0 aromatic carbocycles. The Bertz CT molecular complexity index is 468. The molecule has 0 amide bonds. The summed E-state index contributed by atoms with van der Waals surface area (Å²) in [4.78, 5) is 14.9. The number of halogens is 4. The zero-order chi connectivity index (χ0) is 15.3. The van der Waals surface area contributed by atoms with E-state index in [1.165, 1.54) is 14.2 Å². The highest BCUT2D eigenvalue weighted by Gasteiger charge is 2.32. The molecule has 0 saturated carbocycles. The predicted octanol–water partition coefficient (Wildman–Crippen LogP) is 2.60. The summed E-state index contributed by atoms with van der Waals surface area (Å²) >= 11 is 3.13. The lowest BCUT2D eigenvalue weighted by molar-refractivity contribution is -0.276. The van der Waals surface area contributed by atoms with E-state index in [2.05, 4.69) is 30.4 Å². The van der Waals surface area contributed by atoms with E-state index in [0.29, 0.717) is 11.1 Å². The van der Waals surface area contributed by atoms with Gasteiger partial charge in [-0.2, -0.15) is 4.98 Å². The molecule has 0 aliphatic carbocycles. The fourth-order valence-corrected chi connectivity index (χ4v) is 1.94. The van der Waals surface area contributed by atoms with Crippen molar-refractivity contribution in [3.8, 4) is 11.8 Å². The molecule has 1 rings (SSSR count). The Morgan fingerprint density at radius 1 is 1.40 bits per heavy atom. The number of ether oxygens (including phenoxy) is 3. The number of esters is 1. The fourth-order valence-electron chi connectivity index (χ4n) is 1.44. The summed E-state index contributed by atoms with van der Waals surface area (Å²) in [6.07, 6.45) is -5.02. The van der Waals surface area contributed by atoms with Gasteiger partial charge in [0.05, 0.1) is 20.6 Å². The highest BCUT2D eigenvalue weighted by atomic mass is 79.9. The quantitative estimate of drug-likeness (QED) is 0.598. The molecular formula is C11H11BrF3NO4. The van der Waals surface area contributed by atoms with Crippen LogP contribution in [0.3, 0.4) is 0 Å². The average molecular weight is 358 g/mol. The van der Waals surface area contributed by atoms with Crippen LogP contribution < -0.4 is 9.47 Å². The molecule has 5 nitrogen and oxygen atoms in total. The van der Waals surface area contributed by atoms with Crippen LogP contribution in [0.15, 0.2) is 6.07 Å². The Labute approximate surface area is 121 Å². The van der Waals surface area contributed by atoms with E-state index < -0.39 is 18.2 Å². The van der Waals surface area contributed by atoms with Gasteiger partial charge < -0.3 is 14.2 Å². The second kappa shape index (κ2) is 6.78. The first-order chi connectivity index (χ1) is 9.30. The lowest BCUT2D eigenvalue weighted by Gasteiger charge is -2.14. The molecule has 1 aromatic rings. The van der Waals surface area contributed by atoms with Crippen molar-refractivity contribution in [2.24, 2.45) is 0 Å². The molecule has 9 heteroatoms. The van der Waals surface area contributed by atoms with Crippen LogP contribution in [0, 0.1) is 0 Å². The smallest absolute Gasteiger partial charge is 0.481 e. The largest absolute Gasteiger partial charge is 0.574 e. The molecule has 0 aliphatic rings. The van der Waals surface area contributed by atoms with Crippen molar-refractivity contribution in [3.63, 3.8) is 0 Å². The van der Waals surface area contributed by atoms with Gasteiger partial charge in [0.25, 0.3) is 0 Å². The van der Waals surface area contributed by atoms with Gasteiger partial charge in [-0.3, -0.25) is 4.79 Å². The predicted molar refractivity (Wildman–Crippen MR) is 65.8 cm³/mol. The van der Waals surface area contributed by atoms with Gasteiger partial charge in [0.15, 0.2) is 0 Å². The van der Waals surface area contributed by atoms with Crippen molar-refractivity contribution in [2.45, 2.75) is 18.1 Å². The molecule has 0 fully saturated rings. The Kier molecular flexibility index (Phi) is 5.61. The van der Waals surface area contributed by atoms with Crippen LogP contribution in [-0.4, -0.2) is 31.5 Å². The summed E-state index contributed by atoms with van der Waals surface area (Å²) in [7, 11) is 2.44. The van der Waals surface area contributed by atoms with Crippen LogP contribution >= 0.6 is 15.9 Å². The van der Waals surface area contributed by atoms with E-state index in [4.69, 9.17) is 4.74 Å². The molecule has 0 radical (unpaired) electrons. The van der Waals surface area contributed by atoms with E-state index in [9.17, 15) is 18.0 Å². The molecular weight excluding hydrogens is 347 g/mol. The van der Waals surface area contributed by atoms with E-state index in [-0.39, 0.29) is 17.6 Å². The number of methoxy groups -OCH3 is 2. The SMILES string of the molecule is COC(=O)Cc1c(CBr)cc(OC(F)(F)F)nc1OC. The third kappa shape index (κ3) is 4.55. The maximum absolute atomic E-state index is 12.2. The van der Waals surface area contributed by atoms with Gasteiger partial charge in [-0.1, -0.05) is 15.9 Å². The summed E-state index contributed by atoms with van der Waals surface area (Å²) in [6.45, 7) is 0. The van der Waals surface area contributed by atoms with E-state index in [0.717, 1.165) is 6.07 Å². The molecule has 0 spiro atoms. The number of aromatic nitrogens is 1. The molecule has 0 atom stereocenters. The summed E-state index contributed by atoms with van der Waals surface area (Å²) < 4.78 is 49.7. The minimum absolute atomic E-state index is 0.119. The van der Waals surface area contributed by atoms with E-state index >= 15 is 0 Å². The van der Waals surface area contributed by atoms with Crippen LogP contribution in [0.5, 0.6) is 11.8 Å². The van der Waals surface area contributed by atoms with Crippen molar-refractivity contribution in [2.75, 3.05) is 14.2 Å². The first kappa shape index (κ1) is 16.5. The van der Waals surface area contributed by atoms with Crippen LogP contribution in [0.25, 0.3) is 0 Å². The van der Waals surface area contributed by atoms with Crippen LogP contribution in [-0.2, 0) is 21.3 Å². The zero-order valence-electron chi connectivity index (χ0n) is 10.6. The standard InChI is InChI=1S/C11H11BrF3NO4/c1-18-9(17)4-7-6(5-12)3-8(16-10(7)19-2)20-11(13,14)15/h3H,4-5H2,1-2H3. The van der Waals surface area contributed by atoms with Crippen molar-refractivity contribution >= 4 is 21.9 Å². The number of carbonyl (C=O) groups excluding carboxylic acids is 1. The number of carbonyl (C=O) groups is 1. The molecule has 0 unspecified atom stereocenters. The third-order valence-corrected chi connectivity index (χ3v) is 2.87. The number of alkyl halides is 4. The lowest BCUT2D eigenvalue weighted by Crippen LogP contribution is -2.19. The van der Waals surface area contributed by atoms with E-state index in [1.807, 2.05) is 0 Å². The highest BCUT2D eigenvalue weighted by molar-refractivity contribution is 9.08. The zero-order valence-corrected chi connectivity index (χ0v) is 12.2. The highest BCUT2D eigenvalue weighted by Crippen LogP contribution is 2.30. The monoisotopic (exact) mass is 357 g/mol. The van der Waals surface area contributed by atoms with Gasteiger partial charge in [-0.05, 0) is 5.56 Å². The summed E-state index contributed by atoms with van der Waals surface area (Å²) in [5.74, 6) is -1.33. The Hall–Kier alpha value is -1.51. The molecule has 1 heterocycles. The molecule has 0 saturated heterocycles. The minimum atomic E-state index is -4.86. The molecule has 0 aliphatic heterocycles. The van der Waals surface area contributed by atoms with Crippen LogP contribution in [0.1, 0.15) is 11.1 Å². The van der Waals surface area contributed by atoms with Gasteiger partial charge in [-0.15, -0.1) is 13.2 Å². The van der Waals surface area contributed by atoms with Gasteiger partial charge >= 0.3 is 12.3 Å². The average Bonchev–Trinajstić information content (AvgIpc) is 2.37. The number of rotatable bonds is 5. The van der Waals surface area contributed by atoms with Crippen molar-refractivity contribution in [1.29, 1.82) is 0 Å². The number of hydrogen-bond donors (Lipinski definition) is 0. The van der Waals surface area contributed by atoms with Gasteiger partial charge in [-0.25, -0.2) is 0 Å². The normalized spacial score (nSPS) is 11.1. The number of hydrogen-bond acceptors (Lipinski definition) is 5. The van der Waals surface area contributed by atoms with Crippen molar-refractivity contribution < 1.29 is 32.2 Å². The van der Waals surface area contributed by atoms with Crippen LogP contribution in [0.4, 0.5) is 13.2 Å². The third-order valence-electron chi connectivity index (χ3n) is 2.26. The second-order valence-electron chi connectivity index (χ2n) is 3.54. The number of pyridine rings is 1. The maximum atomic E-state index is 12.2. The Morgan fingerprint density at radius 3 is 2.50 bits per heavy atom. The van der Waals surface area contributed by atoms with Crippen molar-refractivity contribution in [1.82, 2.24) is 4.98 Å². The van der Waals surface area contributed by atoms with Gasteiger partial charge in [0, 0.05) is 17.0 Å². The lowest BCUT2D eigenvalue weighted by atomic mass is 10.1. The fraction of sp³-hybridized carbons (Fsp3) is 0.455. The summed E-state index contributed by atoms with van der Waals surface area (Å²) in [5, 5.41) is 0.201. The molecule has 1 aromatic heterocycles. The Morgan fingerprint density at radius 2 is 2.05 bits per heavy atom. The first-order valence-electron chi connectivity index (χ1n) is 5.26. The number of nitrogens with zero attached hydrogens (tertiary/aromatic N) is 1. The van der Waals surface area contributed by atoms with Gasteiger partial charge in [0.2, 0.25) is 11.8 Å². The van der Waals surface area contributed by atoms with Crippen LogP contribution in [0.2, 0.25) is 0 Å². The van der Waals surface area contributed by atoms with Crippen molar-refractivity contribution in [3.05, 3.63) is 17.2 Å². The minimum Gasteiger partial charge on any atom is -0.481 e. The molecule has 112 valence electrons. The maximum Gasteiger partial charge on any atom is 0.574 e. The summed E-state index contributed by atoms with van der Waals surface area (Å²) in [5.41, 5.74) is 0.729.